The number of nitriles is 1. The van der Waals surface area contributed by atoms with Gasteiger partial charge in [-0.2, -0.15) is 5.26 Å². The first kappa shape index (κ1) is 16.0. The van der Waals surface area contributed by atoms with Crippen LogP contribution in [0.4, 0.5) is 0 Å². The van der Waals surface area contributed by atoms with Gasteiger partial charge in [-0.25, -0.2) is 4.98 Å². The zero-order valence-electron chi connectivity index (χ0n) is 13.4. The summed E-state index contributed by atoms with van der Waals surface area (Å²) in [5.41, 5.74) is 1.92. The summed E-state index contributed by atoms with van der Waals surface area (Å²) in [4.78, 5) is 16.5. The van der Waals surface area contributed by atoms with E-state index in [2.05, 4.69) is 10.3 Å². The van der Waals surface area contributed by atoms with Crippen LogP contribution < -0.4 is 10.1 Å². The Balaban J connectivity index is 1.63. The van der Waals surface area contributed by atoms with E-state index in [0.717, 1.165) is 18.4 Å². The van der Waals surface area contributed by atoms with E-state index in [1.54, 1.807) is 30.5 Å². The first-order valence-electron chi connectivity index (χ1n) is 8.15. The highest BCUT2D eigenvalue weighted by molar-refractivity contribution is 5.94. The van der Waals surface area contributed by atoms with Crippen molar-refractivity contribution < 1.29 is 9.53 Å². The van der Waals surface area contributed by atoms with Gasteiger partial charge in [0.2, 0.25) is 5.88 Å². The first-order valence-corrected chi connectivity index (χ1v) is 8.15. The van der Waals surface area contributed by atoms with Crippen molar-refractivity contribution in [2.45, 2.75) is 38.3 Å². The minimum Gasteiger partial charge on any atom is -0.474 e. The molecular formula is C19H19N3O2. The molecule has 1 N–H and O–H groups in total. The van der Waals surface area contributed by atoms with Gasteiger partial charge < -0.3 is 10.1 Å². The van der Waals surface area contributed by atoms with E-state index in [9.17, 15) is 4.79 Å². The fourth-order valence-corrected chi connectivity index (χ4v) is 2.80. The molecule has 1 aromatic carbocycles. The molecule has 1 heterocycles. The van der Waals surface area contributed by atoms with Crippen LogP contribution in [0.25, 0.3) is 0 Å². The molecular weight excluding hydrogens is 302 g/mol. The second-order valence-corrected chi connectivity index (χ2v) is 5.86. The second-order valence-electron chi connectivity index (χ2n) is 5.86. The number of aromatic nitrogens is 1. The lowest BCUT2D eigenvalue weighted by atomic mass is 10.1. The number of pyridine rings is 1. The Morgan fingerprint density at radius 3 is 2.71 bits per heavy atom. The van der Waals surface area contributed by atoms with E-state index in [1.807, 2.05) is 18.2 Å². The van der Waals surface area contributed by atoms with E-state index >= 15 is 0 Å². The Morgan fingerprint density at radius 1 is 1.25 bits per heavy atom. The number of ether oxygens (including phenoxy) is 1. The Bertz CT molecular complexity index is 744. The van der Waals surface area contributed by atoms with Crippen molar-refractivity contribution in [2.24, 2.45) is 0 Å². The van der Waals surface area contributed by atoms with Gasteiger partial charge in [0.05, 0.1) is 11.6 Å². The molecule has 1 fully saturated rings. The maximum Gasteiger partial charge on any atom is 0.251 e. The zero-order chi connectivity index (χ0) is 16.8. The van der Waals surface area contributed by atoms with Crippen molar-refractivity contribution in [2.75, 3.05) is 0 Å². The molecule has 0 radical (unpaired) electrons. The summed E-state index contributed by atoms with van der Waals surface area (Å²) in [6, 6.07) is 12.3. The quantitative estimate of drug-likeness (QED) is 0.917. The minimum absolute atomic E-state index is 0.185. The Kier molecular flexibility index (Phi) is 5.07. The van der Waals surface area contributed by atoms with Crippen LogP contribution in [-0.4, -0.2) is 17.0 Å². The average molecular weight is 321 g/mol. The molecule has 1 saturated carbocycles. The first-order chi connectivity index (χ1) is 11.8. The highest BCUT2D eigenvalue weighted by Gasteiger charge is 2.18. The van der Waals surface area contributed by atoms with Crippen LogP contribution in [0.2, 0.25) is 0 Å². The van der Waals surface area contributed by atoms with Gasteiger partial charge in [0.15, 0.2) is 0 Å². The van der Waals surface area contributed by atoms with Gasteiger partial charge in [-0.15, -0.1) is 0 Å². The third kappa shape index (κ3) is 3.90. The van der Waals surface area contributed by atoms with E-state index < -0.39 is 0 Å². The summed E-state index contributed by atoms with van der Waals surface area (Å²) in [6.45, 7) is 0.356. The van der Waals surface area contributed by atoms with Crippen molar-refractivity contribution in [3.63, 3.8) is 0 Å². The Hall–Kier alpha value is -2.87. The number of benzene rings is 1. The van der Waals surface area contributed by atoms with Crippen molar-refractivity contribution >= 4 is 5.91 Å². The maximum absolute atomic E-state index is 12.2. The van der Waals surface area contributed by atoms with Gasteiger partial charge in [-0.1, -0.05) is 6.07 Å². The number of rotatable bonds is 5. The number of carbonyl (C=O) groups is 1. The van der Waals surface area contributed by atoms with Crippen molar-refractivity contribution in [3.05, 3.63) is 59.3 Å². The molecule has 5 heteroatoms. The predicted octanol–water partition coefficient (Wildman–Crippen LogP) is 3.20. The summed E-state index contributed by atoms with van der Waals surface area (Å²) >= 11 is 0. The van der Waals surface area contributed by atoms with E-state index in [1.165, 1.54) is 12.8 Å². The summed E-state index contributed by atoms with van der Waals surface area (Å²) in [7, 11) is 0. The molecule has 122 valence electrons. The summed E-state index contributed by atoms with van der Waals surface area (Å²) in [5, 5.41) is 11.7. The van der Waals surface area contributed by atoms with Crippen molar-refractivity contribution in [1.29, 1.82) is 5.26 Å². The molecule has 0 unspecified atom stereocenters. The lowest BCUT2D eigenvalue weighted by Crippen LogP contribution is -2.23. The zero-order valence-corrected chi connectivity index (χ0v) is 13.4. The molecule has 1 amide bonds. The molecule has 3 rings (SSSR count). The van der Waals surface area contributed by atoms with Crippen LogP contribution in [0.3, 0.4) is 0 Å². The number of carbonyl (C=O) groups excluding carboxylic acids is 1. The SMILES string of the molecule is N#Cc1ccc(C(=O)NCc2cccnc2OC2CCCC2)cc1. The van der Waals surface area contributed by atoms with Crippen molar-refractivity contribution in [1.82, 2.24) is 10.3 Å². The largest absolute Gasteiger partial charge is 0.474 e. The third-order valence-corrected chi connectivity index (χ3v) is 4.15. The fraction of sp³-hybridized carbons (Fsp3) is 0.316. The normalized spacial score (nSPS) is 14.1. The number of amides is 1. The monoisotopic (exact) mass is 321 g/mol. The van der Waals surface area contributed by atoms with E-state index in [-0.39, 0.29) is 12.0 Å². The summed E-state index contributed by atoms with van der Waals surface area (Å²) in [5.74, 6) is 0.416. The van der Waals surface area contributed by atoms with Crippen molar-refractivity contribution in [3.8, 4) is 11.9 Å². The second kappa shape index (κ2) is 7.60. The van der Waals surface area contributed by atoms with Gasteiger partial charge >= 0.3 is 0 Å². The molecule has 0 saturated heterocycles. The molecule has 0 bridgehead atoms. The molecule has 0 atom stereocenters. The van der Waals surface area contributed by atoms with Gasteiger partial charge in [-0.05, 0) is 56.0 Å². The minimum atomic E-state index is -0.185. The third-order valence-electron chi connectivity index (χ3n) is 4.15. The van der Waals surface area contributed by atoms with Crippen LogP contribution in [0.1, 0.15) is 47.2 Å². The summed E-state index contributed by atoms with van der Waals surface area (Å²) < 4.78 is 5.98. The average Bonchev–Trinajstić information content (AvgIpc) is 3.14. The van der Waals surface area contributed by atoms with Crippen LogP contribution in [0, 0.1) is 11.3 Å². The maximum atomic E-state index is 12.2. The number of nitrogens with zero attached hydrogens (tertiary/aromatic N) is 2. The Morgan fingerprint density at radius 2 is 2.00 bits per heavy atom. The molecule has 5 nitrogen and oxygen atoms in total. The summed E-state index contributed by atoms with van der Waals surface area (Å²) in [6.07, 6.45) is 6.45. The molecule has 2 aromatic rings. The van der Waals surface area contributed by atoms with E-state index in [4.69, 9.17) is 10.00 Å². The topological polar surface area (TPSA) is 75.0 Å². The van der Waals surface area contributed by atoms with Gasteiger partial charge in [0.1, 0.15) is 6.10 Å². The smallest absolute Gasteiger partial charge is 0.251 e. The molecule has 24 heavy (non-hydrogen) atoms. The predicted molar refractivity (Wildman–Crippen MR) is 89.4 cm³/mol. The van der Waals surface area contributed by atoms with Crippen LogP contribution in [0.15, 0.2) is 42.6 Å². The van der Waals surface area contributed by atoms with E-state index in [0.29, 0.717) is 23.6 Å². The standard InChI is InChI=1S/C19H19N3O2/c20-12-14-7-9-15(10-8-14)18(23)22-13-16-4-3-11-21-19(16)24-17-5-1-2-6-17/h3-4,7-11,17H,1-2,5-6,13H2,(H,22,23). The fourth-order valence-electron chi connectivity index (χ4n) is 2.80. The lowest BCUT2D eigenvalue weighted by molar-refractivity contribution is 0.0950. The number of nitrogens with one attached hydrogen (secondary N) is 1. The highest BCUT2D eigenvalue weighted by atomic mass is 16.5. The molecule has 1 aliphatic carbocycles. The lowest BCUT2D eigenvalue weighted by Gasteiger charge is -2.15. The van der Waals surface area contributed by atoms with Crippen LogP contribution in [0.5, 0.6) is 5.88 Å². The Labute approximate surface area is 141 Å². The van der Waals surface area contributed by atoms with Crippen LogP contribution in [-0.2, 0) is 6.54 Å². The molecule has 1 aliphatic rings. The molecule has 0 aliphatic heterocycles. The van der Waals surface area contributed by atoms with Crippen LogP contribution >= 0.6 is 0 Å². The van der Waals surface area contributed by atoms with Gasteiger partial charge in [0.25, 0.3) is 5.91 Å². The van der Waals surface area contributed by atoms with Gasteiger partial charge in [0, 0.05) is 23.9 Å². The number of hydrogen-bond acceptors (Lipinski definition) is 4. The molecule has 1 aromatic heterocycles. The molecule has 0 spiro atoms. The van der Waals surface area contributed by atoms with Gasteiger partial charge in [-0.3, -0.25) is 4.79 Å². The number of hydrogen-bond donors (Lipinski definition) is 1. The highest BCUT2D eigenvalue weighted by Crippen LogP contribution is 2.24.